The number of rotatable bonds is 7. The SMILES string of the molecule is Cc1ccccc1C(O)CNCc1cnn(Cc2ccccc2)c1. The van der Waals surface area contributed by atoms with Gasteiger partial charge in [-0.15, -0.1) is 0 Å². The van der Waals surface area contributed by atoms with E-state index < -0.39 is 6.10 Å². The van der Waals surface area contributed by atoms with Crippen molar-refractivity contribution in [1.29, 1.82) is 0 Å². The second-order valence-electron chi connectivity index (χ2n) is 6.04. The average Bonchev–Trinajstić information content (AvgIpc) is 3.03. The van der Waals surface area contributed by atoms with Gasteiger partial charge in [0.15, 0.2) is 0 Å². The molecule has 0 fully saturated rings. The molecule has 1 heterocycles. The normalized spacial score (nSPS) is 12.2. The Kier molecular flexibility index (Phi) is 5.41. The molecule has 3 rings (SSSR count). The van der Waals surface area contributed by atoms with Gasteiger partial charge in [0.25, 0.3) is 0 Å². The highest BCUT2D eigenvalue weighted by atomic mass is 16.3. The van der Waals surface area contributed by atoms with Crippen LogP contribution in [0.1, 0.15) is 28.4 Å². The Labute approximate surface area is 142 Å². The third kappa shape index (κ3) is 4.31. The third-order valence-electron chi connectivity index (χ3n) is 4.09. The van der Waals surface area contributed by atoms with E-state index in [9.17, 15) is 5.11 Å². The van der Waals surface area contributed by atoms with Crippen molar-refractivity contribution in [3.8, 4) is 0 Å². The summed E-state index contributed by atoms with van der Waals surface area (Å²) in [5, 5.41) is 18.0. The van der Waals surface area contributed by atoms with Crippen molar-refractivity contribution in [2.24, 2.45) is 0 Å². The molecule has 1 aromatic heterocycles. The Morgan fingerprint density at radius 1 is 1.04 bits per heavy atom. The molecule has 1 atom stereocenters. The van der Waals surface area contributed by atoms with E-state index >= 15 is 0 Å². The van der Waals surface area contributed by atoms with Crippen LogP contribution in [0.3, 0.4) is 0 Å². The standard InChI is InChI=1S/C20H23N3O/c1-16-7-5-6-10-19(16)20(24)13-21-11-18-12-22-23(15-18)14-17-8-3-2-4-9-17/h2-10,12,15,20-21,24H,11,13-14H2,1H3. The van der Waals surface area contributed by atoms with Gasteiger partial charge in [0.1, 0.15) is 0 Å². The summed E-state index contributed by atoms with van der Waals surface area (Å²) >= 11 is 0. The van der Waals surface area contributed by atoms with Gasteiger partial charge in [-0.3, -0.25) is 4.68 Å². The van der Waals surface area contributed by atoms with E-state index in [0.717, 1.165) is 23.2 Å². The summed E-state index contributed by atoms with van der Waals surface area (Å²) in [6.45, 7) is 4.01. The van der Waals surface area contributed by atoms with Crippen LogP contribution in [0.4, 0.5) is 0 Å². The molecule has 4 nitrogen and oxygen atoms in total. The Morgan fingerprint density at radius 2 is 1.79 bits per heavy atom. The Hall–Kier alpha value is -2.43. The maximum atomic E-state index is 10.3. The van der Waals surface area contributed by atoms with Gasteiger partial charge in [-0.2, -0.15) is 5.10 Å². The molecule has 0 radical (unpaired) electrons. The number of aromatic nitrogens is 2. The molecule has 0 aliphatic heterocycles. The maximum Gasteiger partial charge on any atom is 0.0917 e. The molecule has 0 aliphatic carbocycles. The second kappa shape index (κ2) is 7.90. The van der Waals surface area contributed by atoms with Gasteiger partial charge >= 0.3 is 0 Å². The molecule has 124 valence electrons. The van der Waals surface area contributed by atoms with E-state index in [1.54, 1.807) is 0 Å². The fourth-order valence-corrected chi connectivity index (χ4v) is 2.78. The topological polar surface area (TPSA) is 50.1 Å². The van der Waals surface area contributed by atoms with Gasteiger partial charge in [-0.1, -0.05) is 54.6 Å². The van der Waals surface area contributed by atoms with Crippen LogP contribution < -0.4 is 5.32 Å². The van der Waals surface area contributed by atoms with E-state index in [2.05, 4.69) is 22.5 Å². The molecule has 0 amide bonds. The summed E-state index contributed by atoms with van der Waals surface area (Å²) in [6, 6.07) is 18.2. The lowest BCUT2D eigenvalue weighted by Crippen LogP contribution is -2.21. The summed E-state index contributed by atoms with van der Waals surface area (Å²) in [6.07, 6.45) is 3.42. The minimum absolute atomic E-state index is 0.495. The number of nitrogens with zero attached hydrogens (tertiary/aromatic N) is 2. The molecular weight excluding hydrogens is 298 g/mol. The summed E-state index contributed by atoms with van der Waals surface area (Å²) in [5.74, 6) is 0. The molecule has 0 spiro atoms. The maximum absolute atomic E-state index is 10.3. The minimum atomic E-state index is -0.495. The smallest absolute Gasteiger partial charge is 0.0917 e. The lowest BCUT2D eigenvalue weighted by atomic mass is 10.0. The summed E-state index contributed by atoms with van der Waals surface area (Å²) in [5.41, 5.74) is 4.44. The molecule has 2 aromatic carbocycles. The Morgan fingerprint density at radius 3 is 2.58 bits per heavy atom. The van der Waals surface area contributed by atoms with Gasteiger partial charge < -0.3 is 10.4 Å². The molecule has 2 N–H and O–H groups in total. The van der Waals surface area contributed by atoms with E-state index in [0.29, 0.717) is 13.1 Å². The molecular formula is C20H23N3O. The highest BCUT2D eigenvalue weighted by molar-refractivity contribution is 5.27. The van der Waals surface area contributed by atoms with Crippen molar-refractivity contribution >= 4 is 0 Å². The minimum Gasteiger partial charge on any atom is -0.387 e. The zero-order valence-corrected chi connectivity index (χ0v) is 13.9. The lowest BCUT2D eigenvalue weighted by molar-refractivity contribution is 0.173. The van der Waals surface area contributed by atoms with Crippen LogP contribution in [0.2, 0.25) is 0 Å². The first-order valence-electron chi connectivity index (χ1n) is 8.22. The number of benzene rings is 2. The number of hydrogen-bond donors (Lipinski definition) is 2. The molecule has 1 unspecified atom stereocenters. The van der Waals surface area contributed by atoms with Crippen LogP contribution in [-0.2, 0) is 13.1 Å². The monoisotopic (exact) mass is 321 g/mol. The summed E-state index contributed by atoms with van der Waals surface area (Å²) in [4.78, 5) is 0. The van der Waals surface area contributed by atoms with Crippen molar-refractivity contribution in [1.82, 2.24) is 15.1 Å². The molecule has 24 heavy (non-hydrogen) atoms. The molecule has 4 heteroatoms. The predicted octanol–water partition coefficient (Wildman–Crippen LogP) is 3.06. The van der Waals surface area contributed by atoms with Crippen molar-refractivity contribution in [2.75, 3.05) is 6.54 Å². The van der Waals surface area contributed by atoms with E-state index in [4.69, 9.17) is 0 Å². The molecule has 3 aromatic rings. The first-order valence-corrected chi connectivity index (χ1v) is 8.22. The first-order chi connectivity index (χ1) is 11.7. The average molecular weight is 321 g/mol. The summed E-state index contributed by atoms with van der Waals surface area (Å²) in [7, 11) is 0. The fraction of sp³-hybridized carbons (Fsp3) is 0.250. The van der Waals surface area contributed by atoms with Crippen LogP contribution in [0.5, 0.6) is 0 Å². The predicted molar refractivity (Wildman–Crippen MR) is 95.6 cm³/mol. The van der Waals surface area contributed by atoms with Gasteiger partial charge in [-0.25, -0.2) is 0 Å². The van der Waals surface area contributed by atoms with Gasteiger partial charge in [0.2, 0.25) is 0 Å². The quantitative estimate of drug-likeness (QED) is 0.703. The third-order valence-corrected chi connectivity index (χ3v) is 4.09. The van der Waals surface area contributed by atoms with Crippen LogP contribution in [-0.4, -0.2) is 21.4 Å². The zero-order chi connectivity index (χ0) is 16.8. The zero-order valence-electron chi connectivity index (χ0n) is 13.9. The highest BCUT2D eigenvalue weighted by Gasteiger charge is 2.09. The van der Waals surface area contributed by atoms with E-state index in [1.165, 1.54) is 5.56 Å². The number of hydrogen-bond acceptors (Lipinski definition) is 3. The van der Waals surface area contributed by atoms with Crippen molar-refractivity contribution in [2.45, 2.75) is 26.1 Å². The number of aliphatic hydroxyl groups is 1. The van der Waals surface area contributed by atoms with Gasteiger partial charge in [0.05, 0.1) is 18.8 Å². The molecule has 0 aliphatic rings. The number of aryl methyl sites for hydroxylation is 1. The van der Waals surface area contributed by atoms with Crippen LogP contribution >= 0.6 is 0 Å². The van der Waals surface area contributed by atoms with Crippen molar-refractivity contribution < 1.29 is 5.11 Å². The van der Waals surface area contributed by atoms with Crippen LogP contribution in [0.25, 0.3) is 0 Å². The van der Waals surface area contributed by atoms with Crippen LogP contribution in [0.15, 0.2) is 67.0 Å². The number of nitrogens with one attached hydrogen (secondary N) is 1. The number of aliphatic hydroxyl groups excluding tert-OH is 1. The van der Waals surface area contributed by atoms with Crippen LogP contribution in [0, 0.1) is 6.92 Å². The largest absolute Gasteiger partial charge is 0.387 e. The van der Waals surface area contributed by atoms with Gasteiger partial charge in [0, 0.05) is 24.8 Å². The summed E-state index contributed by atoms with van der Waals surface area (Å²) < 4.78 is 1.93. The Balaban J connectivity index is 1.50. The Bertz CT molecular complexity index is 767. The second-order valence-corrected chi connectivity index (χ2v) is 6.04. The first kappa shape index (κ1) is 16.4. The van der Waals surface area contributed by atoms with Gasteiger partial charge in [-0.05, 0) is 23.6 Å². The highest BCUT2D eigenvalue weighted by Crippen LogP contribution is 2.16. The van der Waals surface area contributed by atoms with Crippen molar-refractivity contribution in [3.63, 3.8) is 0 Å². The molecule has 0 saturated carbocycles. The van der Waals surface area contributed by atoms with E-state index in [-0.39, 0.29) is 0 Å². The lowest BCUT2D eigenvalue weighted by Gasteiger charge is -2.14. The molecule has 0 bridgehead atoms. The van der Waals surface area contributed by atoms with E-state index in [1.807, 2.05) is 66.5 Å². The van der Waals surface area contributed by atoms with Crippen molar-refractivity contribution in [3.05, 3.63) is 89.2 Å². The molecule has 0 saturated heterocycles. The fourth-order valence-electron chi connectivity index (χ4n) is 2.78.